The molecule has 3 nitrogen and oxygen atoms in total. The minimum atomic E-state index is -4.30. The van der Waals surface area contributed by atoms with Crippen LogP contribution in [0.2, 0.25) is 0 Å². The summed E-state index contributed by atoms with van der Waals surface area (Å²) in [7, 11) is 0. The minimum absolute atomic E-state index is 0.0281. The number of likely N-dealkylation sites (tertiary alicyclic amines) is 1. The third-order valence-corrected chi connectivity index (χ3v) is 7.01. The third kappa shape index (κ3) is 3.68. The SMILES string of the molecule is Cc1cc(CC2CCC3(C2)CN(C(=O)[C@H]2C[C@@](C)(O)C2)C3)ccc1C(F)(F)F. The molecule has 1 aromatic carbocycles. The van der Waals surface area contributed by atoms with Gasteiger partial charge >= 0.3 is 6.18 Å². The number of aliphatic hydroxyl groups is 1. The zero-order chi connectivity index (χ0) is 20.3. The topological polar surface area (TPSA) is 40.5 Å². The smallest absolute Gasteiger partial charge is 0.390 e. The number of amides is 1. The quantitative estimate of drug-likeness (QED) is 0.827. The van der Waals surface area contributed by atoms with E-state index in [2.05, 4.69) is 0 Å². The number of nitrogens with zero attached hydrogens (tertiary/aromatic N) is 1. The molecule has 1 heterocycles. The molecule has 2 aliphatic carbocycles. The lowest BCUT2D eigenvalue weighted by Crippen LogP contribution is -2.61. The highest BCUT2D eigenvalue weighted by atomic mass is 19.4. The molecule has 0 bridgehead atoms. The van der Waals surface area contributed by atoms with Gasteiger partial charge in [0, 0.05) is 24.4 Å². The van der Waals surface area contributed by atoms with Crippen LogP contribution in [-0.2, 0) is 17.4 Å². The van der Waals surface area contributed by atoms with Gasteiger partial charge in [-0.05, 0) is 75.5 Å². The number of hydrogen-bond acceptors (Lipinski definition) is 2. The van der Waals surface area contributed by atoms with Crippen LogP contribution in [0.1, 0.15) is 55.7 Å². The van der Waals surface area contributed by atoms with Crippen LogP contribution >= 0.6 is 0 Å². The summed E-state index contributed by atoms with van der Waals surface area (Å²) in [6.07, 6.45) is 0.829. The molecule has 0 radical (unpaired) electrons. The second kappa shape index (κ2) is 6.48. The molecule has 3 fully saturated rings. The first-order valence-corrected chi connectivity index (χ1v) is 10.1. The summed E-state index contributed by atoms with van der Waals surface area (Å²) in [6.45, 7) is 4.90. The summed E-state index contributed by atoms with van der Waals surface area (Å²) in [5.41, 5.74) is 0.225. The van der Waals surface area contributed by atoms with Crippen molar-refractivity contribution in [3.05, 3.63) is 34.9 Å². The fourth-order valence-corrected chi connectivity index (χ4v) is 5.65. The van der Waals surface area contributed by atoms with Crippen LogP contribution in [-0.4, -0.2) is 34.6 Å². The van der Waals surface area contributed by atoms with Gasteiger partial charge in [-0.15, -0.1) is 0 Å². The highest BCUT2D eigenvalue weighted by molar-refractivity contribution is 5.81. The number of aryl methyl sites for hydroxylation is 1. The van der Waals surface area contributed by atoms with Crippen molar-refractivity contribution >= 4 is 5.91 Å². The lowest BCUT2D eigenvalue weighted by atomic mass is 9.69. The van der Waals surface area contributed by atoms with E-state index >= 15 is 0 Å². The largest absolute Gasteiger partial charge is 0.416 e. The molecule has 1 amide bonds. The van der Waals surface area contributed by atoms with E-state index in [1.165, 1.54) is 13.0 Å². The predicted molar refractivity (Wildman–Crippen MR) is 99.6 cm³/mol. The average molecular weight is 395 g/mol. The Morgan fingerprint density at radius 1 is 1.25 bits per heavy atom. The first-order valence-electron chi connectivity index (χ1n) is 10.1. The van der Waals surface area contributed by atoms with Gasteiger partial charge in [-0.3, -0.25) is 4.79 Å². The molecule has 1 aromatic rings. The molecule has 1 spiro atoms. The van der Waals surface area contributed by atoms with Crippen LogP contribution in [0.3, 0.4) is 0 Å². The van der Waals surface area contributed by atoms with E-state index in [9.17, 15) is 23.1 Å². The van der Waals surface area contributed by atoms with E-state index in [1.807, 2.05) is 4.90 Å². The molecule has 1 aliphatic heterocycles. The molecular formula is C22H28F3NO2. The van der Waals surface area contributed by atoms with Crippen molar-refractivity contribution in [3.63, 3.8) is 0 Å². The second-order valence-electron chi connectivity index (χ2n) is 9.76. The Kier molecular flexibility index (Phi) is 4.57. The number of carbonyl (C=O) groups excluding carboxylic acids is 1. The van der Waals surface area contributed by atoms with Crippen molar-refractivity contribution in [2.75, 3.05) is 13.1 Å². The molecular weight excluding hydrogens is 367 g/mol. The number of halogens is 3. The van der Waals surface area contributed by atoms with Crippen LogP contribution in [0.25, 0.3) is 0 Å². The van der Waals surface area contributed by atoms with Crippen molar-refractivity contribution in [3.8, 4) is 0 Å². The Morgan fingerprint density at radius 3 is 2.50 bits per heavy atom. The molecule has 3 aliphatic rings. The molecule has 6 heteroatoms. The Morgan fingerprint density at radius 2 is 1.93 bits per heavy atom. The molecule has 2 saturated carbocycles. The molecule has 154 valence electrons. The summed E-state index contributed by atoms with van der Waals surface area (Å²) < 4.78 is 38.8. The molecule has 1 atom stereocenters. The van der Waals surface area contributed by atoms with Crippen LogP contribution < -0.4 is 0 Å². The van der Waals surface area contributed by atoms with Gasteiger partial charge in [0.2, 0.25) is 5.91 Å². The van der Waals surface area contributed by atoms with Gasteiger partial charge in [0.15, 0.2) is 0 Å². The Bertz CT molecular complexity index is 772. The third-order valence-electron chi connectivity index (χ3n) is 7.01. The van der Waals surface area contributed by atoms with E-state index in [-0.39, 0.29) is 22.8 Å². The first-order chi connectivity index (χ1) is 13.0. The maximum absolute atomic E-state index is 12.9. The van der Waals surface area contributed by atoms with Crippen molar-refractivity contribution in [1.29, 1.82) is 0 Å². The van der Waals surface area contributed by atoms with Crippen molar-refractivity contribution < 1.29 is 23.1 Å². The Labute approximate surface area is 163 Å². The van der Waals surface area contributed by atoms with E-state index < -0.39 is 17.3 Å². The Balaban J connectivity index is 1.30. The lowest BCUT2D eigenvalue weighted by Gasteiger charge is -2.52. The fourth-order valence-electron chi connectivity index (χ4n) is 5.65. The van der Waals surface area contributed by atoms with Crippen molar-refractivity contribution in [2.45, 2.75) is 64.1 Å². The normalized spacial score (nSPS) is 31.6. The number of benzene rings is 1. The minimum Gasteiger partial charge on any atom is -0.390 e. The van der Waals surface area contributed by atoms with Gasteiger partial charge < -0.3 is 10.0 Å². The molecule has 0 aromatic heterocycles. The van der Waals surface area contributed by atoms with Crippen LogP contribution in [0.4, 0.5) is 13.2 Å². The maximum Gasteiger partial charge on any atom is 0.416 e. The monoisotopic (exact) mass is 395 g/mol. The Hall–Kier alpha value is -1.56. The van der Waals surface area contributed by atoms with E-state index in [1.54, 1.807) is 19.1 Å². The van der Waals surface area contributed by atoms with Crippen LogP contribution in [0.15, 0.2) is 18.2 Å². The van der Waals surface area contributed by atoms with Crippen LogP contribution in [0, 0.1) is 24.2 Å². The summed E-state index contributed by atoms with van der Waals surface area (Å²) in [5, 5.41) is 9.83. The molecule has 1 saturated heterocycles. The van der Waals surface area contributed by atoms with Gasteiger partial charge in [0.25, 0.3) is 0 Å². The predicted octanol–water partition coefficient (Wildman–Crippen LogP) is 4.35. The van der Waals surface area contributed by atoms with Crippen molar-refractivity contribution in [2.24, 2.45) is 17.3 Å². The first kappa shape index (κ1) is 19.7. The molecule has 28 heavy (non-hydrogen) atoms. The number of carbonyl (C=O) groups is 1. The second-order valence-corrected chi connectivity index (χ2v) is 9.76. The summed E-state index contributed by atoms with van der Waals surface area (Å²) in [6, 6.07) is 4.49. The van der Waals surface area contributed by atoms with Gasteiger partial charge in [0.1, 0.15) is 0 Å². The molecule has 4 rings (SSSR count). The standard InChI is InChI=1S/C22H28F3NO2/c1-14-7-15(3-4-18(14)22(23,24)25)8-16-5-6-21(9-16)12-26(13-21)19(27)17-10-20(2,28)11-17/h3-4,7,16-17,28H,5-6,8-13H2,1-2H3/t16?,17-,20+. The number of hydrogen-bond donors (Lipinski definition) is 1. The van der Waals surface area contributed by atoms with Gasteiger partial charge in [-0.1, -0.05) is 12.1 Å². The highest BCUT2D eigenvalue weighted by Crippen LogP contribution is 2.50. The number of alkyl halides is 3. The van der Waals surface area contributed by atoms with E-state index in [0.29, 0.717) is 18.8 Å². The van der Waals surface area contributed by atoms with Gasteiger partial charge in [0.05, 0.1) is 11.2 Å². The summed E-state index contributed by atoms with van der Waals surface area (Å²) >= 11 is 0. The summed E-state index contributed by atoms with van der Waals surface area (Å²) in [4.78, 5) is 14.4. The van der Waals surface area contributed by atoms with Crippen molar-refractivity contribution in [1.82, 2.24) is 4.90 Å². The fraction of sp³-hybridized carbons (Fsp3) is 0.682. The molecule has 1 N–H and O–H groups in total. The lowest BCUT2D eigenvalue weighted by molar-refractivity contribution is -0.161. The average Bonchev–Trinajstić information content (AvgIpc) is 2.93. The number of rotatable bonds is 3. The summed E-state index contributed by atoms with van der Waals surface area (Å²) in [5.74, 6) is 0.622. The zero-order valence-electron chi connectivity index (χ0n) is 16.5. The zero-order valence-corrected chi connectivity index (χ0v) is 16.5. The molecule has 1 unspecified atom stereocenters. The van der Waals surface area contributed by atoms with E-state index in [0.717, 1.165) is 44.3 Å². The van der Waals surface area contributed by atoms with Gasteiger partial charge in [-0.2, -0.15) is 13.2 Å². The highest BCUT2D eigenvalue weighted by Gasteiger charge is 2.52. The van der Waals surface area contributed by atoms with Gasteiger partial charge in [-0.25, -0.2) is 0 Å². The maximum atomic E-state index is 12.9. The van der Waals surface area contributed by atoms with Crippen LogP contribution in [0.5, 0.6) is 0 Å². The van der Waals surface area contributed by atoms with E-state index in [4.69, 9.17) is 0 Å².